The van der Waals surface area contributed by atoms with Gasteiger partial charge in [0.2, 0.25) is 5.95 Å². The lowest BCUT2D eigenvalue weighted by atomic mass is 10.1. The van der Waals surface area contributed by atoms with Gasteiger partial charge in [-0.2, -0.15) is 4.98 Å². The van der Waals surface area contributed by atoms with Crippen LogP contribution in [0.2, 0.25) is 0 Å². The topological polar surface area (TPSA) is 55.7 Å². The normalized spacial score (nSPS) is 20.4. The Hall–Kier alpha value is -1.40. The Balaban J connectivity index is 1.58. The Morgan fingerprint density at radius 2 is 1.73 bits per heavy atom. The largest absolute Gasteiger partial charge is 0.396 e. The molecule has 0 aliphatic carbocycles. The minimum Gasteiger partial charge on any atom is -0.396 e. The van der Waals surface area contributed by atoms with Gasteiger partial charge in [0.25, 0.3) is 0 Å². The van der Waals surface area contributed by atoms with Gasteiger partial charge in [-0.05, 0) is 31.7 Å². The number of hydrogen-bond acceptors (Lipinski definition) is 6. The molecule has 3 heterocycles. The van der Waals surface area contributed by atoms with Gasteiger partial charge in [0.05, 0.1) is 0 Å². The van der Waals surface area contributed by atoms with Crippen molar-refractivity contribution in [2.45, 2.75) is 25.7 Å². The molecule has 3 rings (SSSR count). The van der Waals surface area contributed by atoms with E-state index in [0.29, 0.717) is 0 Å². The molecule has 2 fully saturated rings. The summed E-state index contributed by atoms with van der Waals surface area (Å²) in [5.41, 5.74) is 0. The molecule has 6 nitrogen and oxygen atoms in total. The predicted octanol–water partition coefficient (Wildman–Crippen LogP) is 0.971. The van der Waals surface area contributed by atoms with Crippen LogP contribution >= 0.6 is 0 Å². The maximum atomic E-state index is 8.92. The Kier molecular flexibility index (Phi) is 5.45. The average Bonchev–Trinajstić information content (AvgIpc) is 2.61. The molecule has 0 saturated carbocycles. The van der Waals surface area contributed by atoms with E-state index in [-0.39, 0.29) is 6.61 Å². The molecule has 2 saturated heterocycles. The lowest BCUT2D eigenvalue weighted by Gasteiger charge is -2.35. The molecule has 0 amide bonds. The molecule has 0 aromatic carbocycles. The second-order valence-corrected chi connectivity index (χ2v) is 6.17. The molecule has 2 aliphatic heterocycles. The minimum absolute atomic E-state index is 0.279. The second-order valence-electron chi connectivity index (χ2n) is 6.17. The molecule has 0 radical (unpaired) electrons. The van der Waals surface area contributed by atoms with Crippen molar-refractivity contribution in [2.75, 3.05) is 62.2 Å². The lowest BCUT2D eigenvalue weighted by Crippen LogP contribution is -2.47. The fourth-order valence-corrected chi connectivity index (χ4v) is 3.26. The molecule has 0 unspecified atom stereocenters. The Morgan fingerprint density at radius 3 is 2.45 bits per heavy atom. The molecule has 2 aliphatic rings. The van der Waals surface area contributed by atoms with E-state index < -0.39 is 0 Å². The van der Waals surface area contributed by atoms with E-state index in [4.69, 9.17) is 10.1 Å². The van der Waals surface area contributed by atoms with E-state index in [9.17, 15) is 0 Å². The number of piperidine rings is 1. The van der Waals surface area contributed by atoms with Crippen LogP contribution in [0, 0.1) is 0 Å². The van der Waals surface area contributed by atoms with E-state index in [1.54, 1.807) is 0 Å². The molecule has 1 aromatic rings. The van der Waals surface area contributed by atoms with Gasteiger partial charge in [-0.25, -0.2) is 4.98 Å². The number of anilines is 2. The van der Waals surface area contributed by atoms with Gasteiger partial charge in [0.15, 0.2) is 0 Å². The predicted molar refractivity (Wildman–Crippen MR) is 88.5 cm³/mol. The van der Waals surface area contributed by atoms with Gasteiger partial charge in [-0.3, -0.25) is 4.90 Å². The summed E-state index contributed by atoms with van der Waals surface area (Å²) in [5, 5.41) is 8.92. The molecule has 122 valence electrons. The van der Waals surface area contributed by atoms with E-state index >= 15 is 0 Å². The first-order valence-electron chi connectivity index (χ1n) is 8.53. The number of piperazine rings is 1. The third kappa shape index (κ3) is 3.87. The van der Waals surface area contributed by atoms with Crippen molar-refractivity contribution in [1.29, 1.82) is 0 Å². The lowest BCUT2D eigenvalue weighted by molar-refractivity contribution is 0.215. The Bertz CT molecular complexity index is 456. The van der Waals surface area contributed by atoms with Crippen molar-refractivity contribution < 1.29 is 5.11 Å². The zero-order valence-electron chi connectivity index (χ0n) is 13.3. The number of nitrogens with zero attached hydrogens (tertiary/aromatic N) is 5. The first-order valence-corrected chi connectivity index (χ1v) is 8.53. The van der Waals surface area contributed by atoms with Crippen LogP contribution < -0.4 is 9.80 Å². The van der Waals surface area contributed by atoms with E-state index in [0.717, 1.165) is 64.0 Å². The van der Waals surface area contributed by atoms with Gasteiger partial charge in [-0.1, -0.05) is 0 Å². The Morgan fingerprint density at radius 1 is 0.955 bits per heavy atom. The summed E-state index contributed by atoms with van der Waals surface area (Å²) in [6.45, 7) is 7.48. The van der Waals surface area contributed by atoms with E-state index in [1.807, 2.05) is 12.3 Å². The summed E-state index contributed by atoms with van der Waals surface area (Å²) in [6.07, 6.45) is 6.63. The molecule has 0 atom stereocenters. The van der Waals surface area contributed by atoms with E-state index in [1.165, 1.54) is 19.3 Å². The van der Waals surface area contributed by atoms with Crippen molar-refractivity contribution in [3.63, 3.8) is 0 Å². The second kappa shape index (κ2) is 7.74. The zero-order chi connectivity index (χ0) is 15.2. The minimum atomic E-state index is 0.279. The average molecular weight is 305 g/mol. The van der Waals surface area contributed by atoms with Crippen molar-refractivity contribution in [3.05, 3.63) is 12.3 Å². The summed E-state index contributed by atoms with van der Waals surface area (Å²) in [7, 11) is 0. The van der Waals surface area contributed by atoms with Crippen molar-refractivity contribution in [1.82, 2.24) is 14.9 Å². The molecule has 0 spiro atoms. The van der Waals surface area contributed by atoms with Gasteiger partial charge < -0.3 is 14.9 Å². The number of aromatic nitrogens is 2. The SMILES string of the molecule is OCCCN1CCN(c2nccc(N3CCCCC3)n2)CC1. The maximum absolute atomic E-state index is 8.92. The summed E-state index contributed by atoms with van der Waals surface area (Å²) < 4.78 is 0. The monoisotopic (exact) mass is 305 g/mol. The first kappa shape index (κ1) is 15.5. The van der Waals surface area contributed by atoms with Crippen LogP contribution in [0.25, 0.3) is 0 Å². The van der Waals surface area contributed by atoms with Gasteiger partial charge in [0.1, 0.15) is 5.82 Å². The quantitative estimate of drug-likeness (QED) is 0.875. The van der Waals surface area contributed by atoms with Gasteiger partial charge >= 0.3 is 0 Å². The van der Waals surface area contributed by atoms with Crippen molar-refractivity contribution in [2.24, 2.45) is 0 Å². The molecular formula is C16H27N5O. The first-order chi connectivity index (χ1) is 10.9. The molecule has 0 bridgehead atoms. The fourth-order valence-electron chi connectivity index (χ4n) is 3.26. The highest BCUT2D eigenvalue weighted by Gasteiger charge is 2.20. The summed E-state index contributed by atoms with van der Waals surface area (Å²) in [5.74, 6) is 1.94. The zero-order valence-corrected chi connectivity index (χ0v) is 13.3. The van der Waals surface area contributed by atoms with Gasteiger partial charge in [0, 0.05) is 58.6 Å². The van der Waals surface area contributed by atoms with Gasteiger partial charge in [-0.15, -0.1) is 0 Å². The molecule has 1 aromatic heterocycles. The fraction of sp³-hybridized carbons (Fsp3) is 0.750. The summed E-state index contributed by atoms with van der Waals surface area (Å²) in [6, 6.07) is 2.03. The maximum Gasteiger partial charge on any atom is 0.227 e. The van der Waals surface area contributed by atoms with Crippen molar-refractivity contribution >= 4 is 11.8 Å². The third-order valence-electron chi connectivity index (χ3n) is 4.60. The number of aliphatic hydroxyl groups excluding tert-OH is 1. The van der Waals surface area contributed by atoms with Crippen LogP contribution in [-0.2, 0) is 0 Å². The molecule has 1 N–H and O–H groups in total. The highest BCUT2D eigenvalue weighted by atomic mass is 16.3. The highest BCUT2D eigenvalue weighted by Crippen LogP contribution is 2.20. The molecule has 22 heavy (non-hydrogen) atoms. The molecule has 6 heteroatoms. The third-order valence-corrected chi connectivity index (χ3v) is 4.60. The van der Waals surface area contributed by atoms with Crippen LogP contribution in [0.1, 0.15) is 25.7 Å². The van der Waals surface area contributed by atoms with E-state index in [2.05, 4.69) is 19.7 Å². The number of hydrogen-bond donors (Lipinski definition) is 1. The molecular weight excluding hydrogens is 278 g/mol. The van der Waals surface area contributed by atoms with Crippen LogP contribution in [0.4, 0.5) is 11.8 Å². The Labute approximate surface area is 132 Å². The van der Waals surface area contributed by atoms with Crippen LogP contribution in [0.15, 0.2) is 12.3 Å². The van der Waals surface area contributed by atoms with Crippen LogP contribution in [-0.4, -0.2) is 72.4 Å². The summed E-state index contributed by atoms with van der Waals surface area (Å²) in [4.78, 5) is 16.3. The number of rotatable bonds is 5. The smallest absolute Gasteiger partial charge is 0.227 e. The highest BCUT2D eigenvalue weighted by molar-refractivity contribution is 5.44. The summed E-state index contributed by atoms with van der Waals surface area (Å²) >= 11 is 0. The van der Waals surface area contributed by atoms with Crippen LogP contribution in [0.5, 0.6) is 0 Å². The van der Waals surface area contributed by atoms with Crippen LogP contribution in [0.3, 0.4) is 0 Å². The number of aliphatic hydroxyl groups is 1. The van der Waals surface area contributed by atoms with Crippen molar-refractivity contribution in [3.8, 4) is 0 Å². The standard InChI is InChI=1S/C16H27N5O/c22-14-4-7-19-10-12-21(13-11-19)16-17-6-5-15(18-16)20-8-2-1-3-9-20/h5-6,22H,1-4,7-14H2.